The van der Waals surface area contributed by atoms with Gasteiger partial charge in [-0.15, -0.1) is 0 Å². The van der Waals surface area contributed by atoms with E-state index in [2.05, 4.69) is 0 Å². The van der Waals surface area contributed by atoms with Crippen LogP contribution in [0.1, 0.15) is 16.7 Å². The van der Waals surface area contributed by atoms with Gasteiger partial charge in [-0.2, -0.15) is 0 Å². The standard InChI is InChI=1S/C27H24O7/c1-31-21-6-4-19(5-7-21)27(30)20(15-28)13-25(29)26(24(27)10-17-8-9-34-16-17)18-11-22(32-2)14-23(12-18)33-3/h4-9,11-16,30H,10H2,1-3H3. The molecule has 7 heteroatoms. The number of aldehydes is 1. The minimum atomic E-state index is -1.87. The molecule has 0 fully saturated rings. The van der Waals surface area contributed by atoms with Crippen molar-refractivity contribution in [2.45, 2.75) is 12.0 Å². The van der Waals surface area contributed by atoms with Crippen LogP contribution in [-0.2, 0) is 21.6 Å². The molecule has 1 unspecified atom stereocenters. The van der Waals surface area contributed by atoms with Crippen LogP contribution in [-0.4, -0.2) is 38.5 Å². The molecule has 1 N–H and O–H groups in total. The molecule has 0 saturated carbocycles. The Balaban J connectivity index is 2.03. The zero-order valence-corrected chi connectivity index (χ0v) is 19.0. The van der Waals surface area contributed by atoms with Crippen LogP contribution in [0.4, 0.5) is 0 Å². The zero-order chi connectivity index (χ0) is 24.3. The Kier molecular flexibility index (Phi) is 6.38. The fourth-order valence-corrected chi connectivity index (χ4v) is 4.20. The summed E-state index contributed by atoms with van der Waals surface area (Å²) in [7, 11) is 4.57. The molecule has 3 aromatic rings. The topological polar surface area (TPSA) is 95.2 Å². The number of aliphatic hydroxyl groups is 1. The van der Waals surface area contributed by atoms with Gasteiger partial charge < -0.3 is 23.7 Å². The minimum Gasteiger partial charge on any atom is -0.497 e. The lowest BCUT2D eigenvalue weighted by Crippen LogP contribution is -2.37. The molecule has 4 rings (SSSR count). The molecule has 0 spiro atoms. The summed E-state index contributed by atoms with van der Waals surface area (Å²) < 4.78 is 21.2. The van der Waals surface area contributed by atoms with Gasteiger partial charge in [0.2, 0.25) is 0 Å². The van der Waals surface area contributed by atoms with Crippen LogP contribution < -0.4 is 14.2 Å². The van der Waals surface area contributed by atoms with Crippen LogP contribution in [0.15, 0.2) is 82.7 Å². The van der Waals surface area contributed by atoms with Gasteiger partial charge >= 0.3 is 0 Å². The lowest BCUT2D eigenvalue weighted by atomic mass is 9.70. The molecule has 1 heterocycles. The maximum Gasteiger partial charge on any atom is 0.187 e. The molecule has 1 atom stereocenters. The molecule has 34 heavy (non-hydrogen) atoms. The van der Waals surface area contributed by atoms with Crippen LogP contribution >= 0.6 is 0 Å². The number of ether oxygens (including phenoxy) is 3. The van der Waals surface area contributed by atoms with E-state index in [4.69, 9.17) is 18.6 Å². The van der Waals surface area contributed by atoms with E-state index in [1.807, 2.05) is 0 Å². The monoisotopic (exact) mass is 460 g/mol. The van der Waals surface area contributed by atoms with E-state index in [1.165, 1.54) is 39.9 Å². The molecular weight excluding hydrogens is 436 g/mol. The number of furan rings is 1. The number of hydrogen-bond acceptors (Lipinski definition) is 7. The highest BCUT2D eigenvalue weighted by Gasteiger charge is 2.44. The third kappa shape index (κ3) is 4.02. The summed E-state index contributed by atoms with van der Waals surface area (Å²) in [5, 5.41) is 12.2. The predicted molar refractivity (Wildman–Crippen MR) is 125 cm³/mol. The summed E-state index contributed by atoms with van der Waals surface area (Å²) in [6.07, 6.45) is 4.90. The van der Waals surface area contributed by atoms with Crippen LogP contribution in [0.25, 0.3) is 5.57 Å². The number of allylic oxidation sites excluding steroid dienone is 2. The molecule has 1 aromatic heterocycles. The summed E-state index contributed by atoms with van der Waals surface area (Å²) in [4.78, 5) is 25.5. The first-order valence-electron chi connectivity index (χ1n) is 10.5. The Morgan fingerprint density at radius 1 is 0.941 bits per heavy atom. The molecule has 0 radical (unpaired) electrons. The largest absolute Gasteiger partial charge is 0.497 e. The van der Waals surface area contributed by atoms with E-state index in [0.717, 1.165) is 5.56 Å². The maximum atomic E-state index is 13.4. The van der Waals surface area contributed by atoms with Gasteiger partial charge in [0.15, 0.2) is 5.78 Å². The van der Waals surface area contributed by atoms with Crippen molar-refractivity contribution < 1.29 is 33.3 Å². The molecule has 0 amide bonds. The van der Waals surface area contributed by atoms with E-state index in [1.54, 1.807) is 48.5 Å². The highest BCUT2D eigenvalue weighted by molar-refractivity contribution is 6.30. The second kappa shape index (κ2) is 9.41. The molecule has 1 aliphatic carbocycles. The molecule has 1 aliphatic rings. The Bertz CT molecular complexity index is 1240. The number of carbonyl (C=O) groups is 2. The maximum absolute atomic E-state index is 13.4. The smallest absolute Gasteiger partial charge is 0.187 e. The number of carbonyl (C=O) groups excluding carboxylic acids is 2. The first-order valence-corrected chi connectivity index (χ1v) is 10.5. The number of rotatable bonds is 8. The van der Waals surface area contributed by atoms with Gasteiger partial charge in [0.05, 0.1) is 33.9 Å². The second-order valence-corrected chi connectivity index (χ2v) is 7.78. The van der Waals surface area contributed by atoms with E-state index in [-0.39, 0.29) is 17.6 Å². The van der Waals surface area contributed by atoms with Gasteiger partial charge in [-0.1, -0.05) is 12.1 Å². The lowest BCUT2D eigenvalue weighted by Gasteiger charge is -2.36. The van der Waals surface area contributed by atoms with Crippen molar-refractivity contribution >= 4 is 17.6 Å². The summed E-state index contributed by atoms with van der Waals surface area (Å²) in [6, 6.07) is 13.5. The van der Waals surface area contributed by atoms with Crippen molar-refractivity contribution in [1.29, 1.82) is 0 Å². The SMILES string of the molecule is COc1ccc(C2(O)C(C=O)=CC(=O)C(c3cc(OC)cc(OC)c3)=C2Cc2ccoc2)cc1. The highest BCUT2D eigenvalue weighted by Crippen LogP contribution is 2.46. The van der Waals surface area contributed by atoms with E-state index >= 15 is 0 Å². The van der Waals surface area contributed by atoms with E-state index < -0.39 is 11.4 Å². The zero-order valence-electron chi connectivity index (χ0n) is 19.0. The van der Waals surface area contributed by atoms with Crippen molar-refractivity contribution in [3.63, 3.8) is 0 Å². The lowest BCUT2D eigenvalue weighted by molar-refractivity contribution is -0.111. The Labute approximate surface area is 196 Å². The van der Waals surface area contributed by atoms with Crippen molar-refractivity contribution in [2.75, 3.05) is 21.3 Å². The predicted octanol–water partition coefficient (Wildman–Crippen LogP) is 3.90. The van der Waals surface area contributed by atoms with E-state index in [9.17, 15) is 14.7 Å². The highest BCUT2D eigenvalue weighted by atomic mass is 16.5. The molecule has 2 aromatic carbocycles. The van der Waals surface area contributed by atoms with Crippen molar-refractivity contribution in [3.8, 4) is 17.2 Å². The molecule has 174 valence electrons. The fourth-order valence-electron chi connectivity index (χ4n) is 4.20. The van der Waals surface area contributed by atoms with Crippen LogP contribution in [0.3, 0.4) is 0 Å². The van der Waals surface area contributed by atoms with Gasteiger partial charge in [0.1, 0.15) is 29.1 Å². The minimum absolute atomic E-state index is 0.0558. The number of ketones is 1. The number of methoxy groups -OCH3 is 3. The Morgan fingerprint density at radius 3 is 2.12 bits per heavy atom. The average Bonchev–Trinajstić information content (AvgIpc) is 3.39. The van der Waals surface area contributed by atoms with Gasteiger partial charge in [0.25, 0.3) is 0 Å². The van der Waals surface area contributed by atoms with Crippen molar-refractivity contribution in [3.05, 3.63) is 95.0 Å². The van der Waals surface area contributed by atoms with Gasteiger partial charge in [-0.25, -0.2) is 0 Å². The van der Waals surface area contributed by atoms with Crippen LogP contribution in [0, 0.1) is 0 Å². The Hall–Kier alpha value is -4.10. The number of hydrogen-bond donors (Lipinski definition) is 1. The van der Waals surface area contributed by atoms with Gasteiger partial charge in [-0.3, -0.25) is 9.59 Å². The van der Waals surface area contributed by atoms with Crippen molar-refractivity contribution in [1.82, 2.24) is 0 Å². The van der Waals surface area contributed by atoms with Gasteiger partial charge in [-0.05, 0) is 58.7 Å². The summed E-state index contributed by atoms with van der Waals surface area (Å²) >= 11 is 0. The van der Waals surface area contributed by atoms with Crippen LogP contribution in [0.2, 0.25) is 0 Å². The summed E-state index contributed by atoms with van der Waals surface area (Å²) in [6.45, 7) is 0. The molecular formula is C27H24O7. The molecule has 0 saturated heterocycles. The van der Waals surface area contributed by atoms with E-state index in [0.29, 0.717) is 40.2 Å². The normalized spacial score (nSPS) is 17.9. The fraction of sp³-hybridized carbons (Fsp3) is 0.185. The number of benzene rings is 2. The summed E-state index contributed by atoms with van der Waals surface area (Å²) in [5.41, 5.74) is 0.309. The third-order valence-electron chi connectivity index (χ3n) is 5.93. The Morgan fingerprint density at radius 2 is 1.59 bits per heavy atom. The molecule has 7 nitrogen and oxygen atoms in total. The average molecular weight is 460 g/mol. The molecule has 0 bridgehead atoms. The van der Waals surface area contributed by atoms with Crippen molar-refractivity contribution in [2.24, 2.45) is 0 Å². The van der Waals surface area contributed by atoms with Crippen LogP contribution in [0.5, 0.6) is 17.2 Å². The third-order valence-corrected chi connectivity index (χ3v) is 5.93. The second-order valence-electron chi connectivity index (χ2n) is 7.78. The first kappa shape index (κ1) is 23.1. The first-order chi connectivity index (χ1) is 16.4. The summed E-state index contributed by atoms with van der Waals surface area (Å²) in [5.74, 6) is 1.15. The molecule has 0 aliphatic heterocycles. The van der Waals surface area contributed by atoms with Gasteiger partial charge in [0, 0.05) is 23.6 Å². The quantitative estimate of drug-likeness (QED) is 0.510.